The van der Waals surface area contributed by atoms with E-state index in [0.29, 0.717) is 0 Å². The van der Waals surface area contributed by atoms with Gasteiger partial charge < -0.3 is 8.37 Å². The SMILES string of the molecule is O=C1C=CS(=O)(=O)O1.O=C1C=CS(=O)(=O)O1. The highest BCUT2D eigenvalue weighted by Gasteiger charge is 2.18. The Labute approximate surface area is 90.4 Å². The second-order valence-electron chi connectivity index (χ2n) is 2.40. The molecule has 0 radical (unpaired) electrons. The van der Waals surface area contributed by atoms with E-state index in [9.17, 15) is 26.4 Å². The molecule has 0 aromatic rings. The first-order valence-electron chi connectivity index (χ1n) is 3.53. The Morgan fingerprint density at radius 1 is 0.750 bits per heavy atom. The Morgan fingerprint density at radius 3 is 1.12 bits per heavy atom. The maximum atomic E-state index is 10.1. The second kappa shape index (κ2) is 4.06. The largest absolute Gasteiger partial charge is 0.347 e. The molecule has 10 heteroatoms. The molecule has 0 N–H and O–H groups in total. The molecule has 2 aliphatic rings. The normalized spacial score (nSPS) is 23.2. The van der Waals surface area contributed by atoms with Crippen LogP contribution >= 0.6 is 0 Å². The fourth-order valence-corrected chi connectivity index (χ4v) is 1.85. The van der Waals surface area contributed by atoms with Crippen molar-refractivity contribution in [1.29, 1.82) is 0 Å². The van der Waals surface area contributed by atoms with Crippen LogP contribution in [-0.4, -0.2) is 28.8 Å². The number of hydrogen-bond acceptors (Lipinski definition) is 8. The van der Waals surface area contributed by atoms with E-state index in [4.69, 9.17) is 0 Å². The summed E-state index contributed by atoms with van der Waals surface area (Å²) in [6.45, 7) is 0. The van der Waals surface area contributed by atoms with Crippen LogP contribution in [-0.2, 0) is 38.2 Å². The molecule has 0 aliphatic carbocycles. The molecule has 8 nitrogen and oxygen atoms in total. The smallest absolute Gasteiger partial charge is 0.339 e. The summed E-state index contributed by atoms with van der Waals surface area (Å²) in [7, 11) is -7.25. The van der Waals surface area contributed by atoms with Crippen LogP contribution in [0.4, 0.5) is 0 Å². The summed E-state index contributed by atoms with van der Waals surface area (Å²) in [5.41, 5.74) is 0. The summed E-state index contributed by atoms with van der Waals surface area (Å²) in [6, 6.07) is 0. The summed E-state index contributed by atoms with van der Waals surface area (Å²) >= 11 is 0. The summed E-state index contributed by atoms with van der Waals surface area (Å²) in [5.74, 6) is -1.66. The Balaban J connectivity index is 0.000000160. The molecule has 0 unspecified atom stereocenters. The van der Waals surface area contributed by atoms with Gasteiger partial charge in [0.1, 0.15) is 0 Å². The molecule has 0 fully saturated rings. The first kappa shape index (κ1) is 12.4. The lowest BCUT2D eigenvalue weighted by molar-refractivity contribution is -0.128. The molecule has 0 saturated heterocycles. The summed E-state index contributed by atoms with van der Waals surface area (Å²) in [5, 5.41) is 1.44. The number of carbonyl (C=O) groups excluding carboxylic acids is 2. The molecule has 0 bridgehead atoms. The van der Waals surface area contributed by atoms with Crippen LogP contribution in [0.25, 0.3) is 0 Å². The van der Waals surface area contributed by atoms with Crippen molar-refractivity contribution in [3.8, 4) is 0 Å². The van der Waals surface area contributed by atoms with E-state index in [0.717, 1.165) is 23.0 Å². The van der Waals surface area contributed by atoms with Crippen LogP contribution in [0.5, 0.6) is 0 Å². The molecule has 0 aromatic heterocycles. The first-order valence-corrected chi connectivity index (χ1v) is 6.47. The highest BCUT2D eigenvalue weighted by molar-refractivity contribution is 7.90. The van der Waals surface area contributed by atoms with E-state index in [-0.39, 0.29) is 0 Å². The average molecular weight is 268 g/mol. The summed E-state index contributed by atoms with van der Waals surface area (Å²) in [6.07, 6.45) is 1.71. The molecular formula is C6H4O8S2. The van der Waals surface area contributed by atoms with Crippen LogP contribution in [0, 0.1) is 0 Å². The van der Waals surface area contributed by atoms with Gasteiger partial charge in [-0.2, -0.15) is 16.8 Å². The molecule has 0 saturated carbocycles. The van der Waals surface area contributed by atoms with Crippen LogP contribution in [0.3, 0.4) is 0 Å². The Hall–Kier alpha value is -1.68. The van der Waals surface area contributed by atoms with Gasteiger partial charge in [0.05, 0.1) is 10.8 Å². The highest BCUT2D eigenvalue weighted by Crippen LogP contribution is 2.04. The third-order valence-electron chi connectivity index (χ3n) is 1.14. The predicted octanol–water partition coefficient (Wildman–Crippen LogP) is -1.23. The molecular weight excluding hydrogens is 264 g/mol. The van der Waals surface area contributed by atoms with Crippen molar-refractivity contribution in [3.63, 3.8) is 0 Å². The fourth-order valence-electron chi connectivity index (χ4n) is 0.618. The minimum absolute atomic E-state index is 0.718. The molecule has 2 aliphatic heterocycles. The number of hydrogen-bond donors (Lipinski definition) is 0. The van der Waals surface area contributed by atoms with E-state index in [1.165, 1.54) is 0 Å². The van der Waals surface area contributed by atoms with Crippen molar-refractivity contribution in [2.24, 2.45) is 0 Å². The van der Waals surface area contributed by atoms with Gasteiger partial charge in [0.2, 0.25) is 0 Å². The van der Waals surface area contributed by atoms with Gasteiger partial charge in [-0.25, -0.2) is 9.59 Å². The molecule has 0 amide bonds. The molecule has 16 heavy (non-hydrogen) atoms. The maximum Gasteiger partial charge on any atom is 0.347 e. The zero-order chi connectivity index (χ0) is 12.4. The maximum absolute atomic E-state index is 10.1. The van der Waals surface area contributed by atoms with E-state index >= 15 is 0 Å². The Morgan fingerprint density at radius 2 is 1.06 bits per heavy atom. The number of carbonyl (C=O) groups is 2. The lowest BCUT2D eigenvalue weighted by atomic mass is 10.7. The molecule has 0 spiro atoms. The topological polar surface area (TPSA) is 121 Å². The zero-order valence-corrected chi connectivity index (χ0v) is 9.02. The van der Waals surface area contributed by atoms with Crippen LogP contribution < -0.4 is 0 Å². The minimum atomic E-state index is -3.63. The highest BCUT2D eigenvalue weighted by atomic mass is 32.2. The first-order chi connectivity index (χ1) is 7.20. The predicted molar refractivity (Wildman–Crippen MR) is 48.3 cm³/mol. The third-order valence-corrected chi connectivity index (χ3v) is 2.87. The van der Waals surface area contributed by atoms with Crippen molar-refractivity contribution in [2.45, 2.75) is 0 Å². The summed E-state index contributed by atoms with van der Waals surface area (Å²) in [4.78, 5) is 19.9. The molecule has 0 aromatic carbocycles. The van der Waals surface area contributed by atoms with Gasteiger partial charge in [-0.1, -0.05) is 0 Å². The van der Waals surface area contributed by atoms with Crippen LogP contribution in [0.2, 0.25) is 0 Å². The van der Waals surface area contributed by atoms with Gasteiger partial charge in [0.25, 0.3) is 0 Å². The lowest BCUT2D eigenvalue weighted by Crippen LogP contribution is -1.98. The Bertz CT molecular complexity index is 522. The minimum Gasteiger partial charge on any atom is -0.339 e. The van der Waals surface area contributed by atoms with Gasteiger partial charge in [0, 0.05) is 12.2 Å². The monoisotopic (exact) mass is 268 g/mol. The lowest BCUT2D eigenvalue weighted by Gasteiger charge is -1.85. The van der Waals surface area contributed by atoms with E-state index in [1.54, 1.807) is 0 Å². The molecule has 2 heterocycles. The molecule has 2 rings (SSSR count). The standard InChI is InChI=1S/2C3H2O4S/c2*4-3-1-2-8(5,6)7-3/h2*1-2H. The average Bonchev–Trinajstić information content (AvgIpc) is 2.56. The van der Waals surface area contributed by atoms with Gasteiger partial charge in [0.15, 0.2) is 0 Å². The van der Waals surface area contributed by atoms with Gasteiger partial charge in [-0.3, -0.25) is 0 Å². The number of rotatable bonds is 0. The summed E-state index contributed by atoms with van der Waals surface area (Å²) < 4.78 is 48.0. The van der Waals surface area contributed by atoms with Crippen LogP contribution in [0.1, 0.15) is 0 Å². The van der Waals surface area contributed by atoms with E-state index in [2.05, 4.69) is 8.37 Å². The van der Waals surface area contributed by atoms with Gasteiger partial charge in [-0.15, -0.1) is 0 Å². The Kier molecular flexibility index (Phi) is 3.14. The van der Waals surface area contributed by atoms with Crippen molar-refractivity contribution in [3.05, 3.63) is 23.0 Å². The second-order valence-corrected chi connectivity index (χ2v) is 5.24. The zero-order valence-electron chi connectivity index (χ0n) is 7.39. The fraction of sp³-hybridized carbons (Fsp3) is 0. The van der Waals surface area contributed by atoms with Gasteiger partial charge >= 0.3 is 32.2 Å². The quantitative estimate of drug-likeness (QED) is 0.501. The van der Waals surface area contributed by atoms with E-state index in [1.807, 2.05) is 0 Å². The van der Waals surface area contributed by atoms with Crippen molar-refractivity contribution < 1.29 is 34.8 Å². The van der Waals surface area contributed by atoms with E-state index < -0.39 is 32.2 Å². The molecule has 0 atom stereocenters. The van der Waals surface area contributed by atoms with Gasteiger partial charge in [-0.05, 0) is 0 Å². The third kappa shape index (κ3) is 3.82. The molecule has 88 valence electrons. The van der Waals surface area contributed by atoms with Crippen LogP contribution in [0.15, 0.2) is 23.0 Å². The van der Waals surface area contributed by atoms with Crippen molar-refractivity contribution in [2.75, 3.05) is 0 Å². The van der Waals surface area contributed by atoms with Crippen molar-refractivity contribution >= 4 is 32.2 Å². The van der Waals surface area contributed by atoms with Crippen molar-refractivity contribution in [1.82, 2.24) is 0 Å².